The van der Waals surface area contributed by atoms with E-state index in [0.29, 0.717) is 17.6 Å². The molecular weight excluding hydrogens is 196 g/mol. The summed E-state index contributed by atoms with van der Waals surface area (Å²) in [5.41, 5.74) is 2.84. The van der Waals surface area contributed by atoms with E-state index in [1.165, 1.54) is 11.1 Å². The van der Waals surface area contributed by atoms with Crippen LogP contribution in [0, 0.1) is 0 Å². The van der Waals surface area contributed by atoms with Crippen molar-refractivity contribution in [2.24, 2.45) is 0 Å². The van der Waals surface area contributed by atoms with Gasteiger partial charge in [0.25, 0.3) is 0 Å². The average molecular weight is 216 g/mol. The van der Waals surface area contributed by atoms with Gasteiger partial charge in [-0.2, -0.15) is 0 Å². The highest BCUT2D eigenvalue weighted by molar-refractivity contribution is 5.79. The lowest BCUT2D eigenvalue weighted by molar-refractivity contribution is -0.120. The lowest BCUT2D eigenvalue weighted by Gasteiger charge is -2.22. The molecule has 0 saturated heterocycles. The highest BCUT2D eigenvalue weighted by Gasteiger charge is 2.20. The Hall–Kier alpha value is -1.11. The van der Waals surface area contributed by atoms with Crippen LogP contribution >= 0.6 is 0 Å². The van der Waals surface area contributed by atoms with Crippen LogP contribution in [0.2, 0.25) is 0 Å². The molecule has 1 aliphatic carbocycles. The summed E-state index contributed by atoms with van der Waals surface area (Å²) in [7, 11) is 0. The molecule has 16 heavy (non-hydrogen) atoms. The highest BCUT2D eigenvalue weighted by Crippen LogP contribution is 2.32. The fourth-order valence-electron chi connectivity index (χ4n) is 2.45. The Kier molecular flexibility index (Phi) is 3.42. The maximum absolute atomic E-state index is 11.2. The normalized spacial score (nSPS) is 18.1. The van der Waals surface area contributed by atoms with Crippen molar-refractivity contribution in [1.82, 2.24) is 0 Å². The topological polar surface area (TPSA) is 17.1 Å². The van der Waals surface area contributed by atoms with Gasteiger partial charge in [-0.25, -0.2) is 0 Å². The zero-order chi connectivity index (χ0) is 11.5. The zero-order valence-corrected chi connectivity index (χ0v) is 10.2. The van der Waals surface area contributed by atoms with Gasteiger partial charge in [0.1, 0.15) is 5.78 Å². The molecule has 0 bridgehead atoms. The van der Waals surface area contributed by atoms with E-state index in [9.17, 15) is 4.79 Å². The minimum atomic E-state index is 0.441. The average Bonchev–Trinajstić information content (AvgIpc) is 2.30. The molecule has 0 radical (unpaired) electrons. The summed E-state index contributed by atoms with van der Waals surface area (Å²) in [6, 6.07) is 8.89. The zero-order valence-electron chi connectivity index (χ0n) is 10.2. The first-order valence-electron chi connectivity index (χ1n) is 6.28. The maximum atomic E-state index is 11.2. The number of carbonyl (C=O) groups excluding carboxylic acids is 1. The smallest absolute Gasteiger partial charge is 0.132 e. The summed E-state index contributed by atoms with van der Waals surface area (Å²) in [5, 5.41) is 0. The standard InChI is InChI=1S/C15H20O/c1-11(2)13-4-3-5-14(10-13)12-6-8-15(16)9-7-12/h3-5,10-12H,6-9H2,1-2H3. The molecule has 0 amide bonds. The van der Waals surface area contributed by atoms with Crippen LogP contribution in [0.25, 0.3) is 0 Å². The Morgan fingerprint density at radius 2 is 1.88 bits per heavy atom. The molecule has 0 aliphatic heterocycles. The van der Waals surface area contributed by atoms with Crippen molar-refractivity contribution in [1.29, 1.82) is 0 Å². The minimum Gasteiger partial charge on any atom is -0.300 e. The van der Waals surface area contributed by atoms with Gasteiger partial charge in [-0.1, -0.05) is 38.1 Å². The van der Waals surface area contributed by atoms with E-state index in [2.05, 4.69) is 38.1 Å². The summed E-state index contributed by atoms with van der Waals surface area (Å²) >= 11 is 0. The maximum Gasteiger partial charge on any atom is 0.132 e. The van der Waals surface area contributed by atoms with E-state index in [1.807, 2.05) is 0 Å². The fraction of sp³-hybridized carbons (Fsp3) is 0.533. The number of carbonyl (C=O) groups is 1. The minimum absolute atomic E-state index is 0.441. The van der Waals surface area contributed by atoms with E-state index in [4.69, 9.17) is 0 Å². The monoisotopic (exact) mass is 216 g/mol. The predicted octanol–water partition coefficient (Wildman–Crippen LogP) is 4.04. The molecule has 0 spiro atoms. The van der Waals surface area contributed by atoms with Crippen molar-refractivity contribution in [2.75, 3.05) is 0 Å². The van der Waals surface area contributed by atoms with Gasteiger partial charge in [0.15, 0.2) is 0 Å². The highest BCUT2D eigenvalue weighted by atomic mass is 16.1. The molecule has 0 unspecified atom stereocenters. The molecule has 86 valence electrons. The molecule has 1 saturated carbocycles. The molecule has 1 aromatic rings. The third kappa shape index (κ3) is 2.52. The van der Waals surface area contributed by atoms with Crippen molar-refractivity contribution in [2.45, 2.75) is 51.4 Å². The lowest BCUT2D eigenvalue weighted by Crippen LogP contribution is -2.12. The Morgan fingerprint density at radius 1 is 1.19 bits per heavy atom. The van der Waals surface area contributed by atoms with Crippen LogP contribution in [0.3, 0.4) is 0 Å². The summed E-state index contributed by atoms with van der Waals surface area (Å²) < 4.78 is 0. The summed E-state index contributed by atoms with van der Waals surface area (Å²) in [4.78, 5) is 11.2. The number of ketones is 1. The van der Waals surface area contributed by atoms with Crippen LogP contribution in [-0.2, 0) is 4.79 Å². The third-order valence-corrected chi connectivity index (χ3v) is 3.59. The van der Waals surface area contributed by atoms with Gasteiger partial charge in [0.2, 0.25) is 0 Å². The Labute approximate surface area is 97.9 Å². The number of hydrogen-bond acceptors (Lipinski definition) is 1. The SMILES string of the molecule is CC(C)c1cccc(C2CCC(=O)CC2)c1. The van der Waals surface area contributed by atoms with Gasteiger partial charge in [0.05, 0.1) is 0 Å². The van der Waals surface area contributed by atoms with Gasteiger partial charge in [0, 0.05) is 12.8 Å². The van der Waals surface area contributed by atoms with Crippen LogP contribution in [0.15, 0.2) is 24.3 Å². The lowest BCUT2D eigenvalue weighted by atomic mass is 9.82. The second-order valence-corrected chi connectivity index (χ2v) is 5.14. The second kappa shape index (κ2) is 4.82. The summed E-state index contributed by atoms with van der Waals surface area (Å²) in [5.74, 6) is 1.64. The number of Topliss-reactive ketones (excluding diaryl/α,β-unsaturated/α-hetero) is 1. The van der Waals surface area contributed by atoms with Gasteiger partial charge in [-0.15, -0.1) is 0 Å². The second-order valence-electron chi connectivity index (χ2n) is 5.14. The fourth-order valence-corrected chi connectivity index (χ4v) is 2.45. The predicted molar refractivity (Wildman–Crippen MR) is 66.7 cm³/mol. The van der Waals surface area contributed by atoms with Crippen LogP contribution in [0.1, 0.15) is 62.5 Å². The van der Waals surface area contributed by atoms with Gasteiger partial charge >= 0.3 is 0 Å². The van der Waals surface area contributed by atoms with Crippen LogP contribution in [0.4, 0.5) is 0 Å². The molecule has 1 aromatic carbocycles. The number of benzene rings is 1. The van der Waals surface area contributed by atoms with Gasteiger partial charge in [-0.05, 0) is 35.8 Å². The summed E-state index contributed by atoms with van der Waals surface area (Å²) in [6.45, 7) is 4.45. The Morgan fingerprint density at radius 3 is 2.50 bits per heavy atom. The molecule has 2 rings (SSSR count). The molecule has 0 heterocycles. The summed E-state index contributed by atoms with van der Waals surface area (Å²) in [6.07, 6.45) is 3.63. The van der Waals surface area contributed by atoms with Crippen LogP contribution in [-0.4, -0.2) is 5.78 Å². The molecule has 0 N–H and O–H groups in total. The Balaban J connectivity index is 2.14. The van der Waals surface area contributed by atoms with Crippen molar-refractivity contribution >= 4 is 5.78 Å². The van der Waals surface area contributed by atoms with E-state index in [1.54, 1.807) is 0 Å². The van der Waals surface area contributed by atoms with Gasteiger partial charge in [-0.3, -0.25) is 4.79 Å². The number of hydrogen-bond donors (Lipinski definition) is 0. The van der Waals surface area contributed by atoms with E-state index >= 15 is 0 Å². The van der Waals surface area contributed by atoms with E-state index in [0.717, 1.165) is 25.7 Å². The van der Waals surface area contributed by atoms with E-state index < -0.39 is 0 Å². The van der Waals surface area contributed by atoms with E-state index in [-0.39, 0.29) is 0 Å². The van der Waals surface area contributed by atoms with Crippen molar-refractivity contribution < 1.29 is 4.79 Å². The molecule has 0 atom stereocenters. The largest absolute Gasteiger partial charge is 0.300 e. The van der Waals surface area contributed by atoms with Crippen molar-refractivity contribution in [3.05, 3.63) is 35.4 Å². The molecule has 1 heteroatoms. The molecular formula is C15H20O. The van der Waals surface area contributed by atoms with Gasteiger partial charge < -0.3 is 0 Å². The van der Waals surface area contributed by atoms with Crippen LogP contribution < -0.4 is 0 Å². The first kappa shape index (κ1) is 11.4. The Bertz CT molecular complexity index is 369. The molecule has 0 aromatic heterocycles. The first-order valence-corrected chi connectivity index (χ1v) is 6.28. The van der Waals surface area contributed by atoms with Crippen molar-refractivity contribution in [3.63, 3.8) is 0 Å². The first-order chi connectivity index (χ1) is 7.66. The van der Waals surface area contributed by atoms with Crippen molar-refractivity contribution in [3.8, 4) is 0 Å². The molecule has 1 aliphatic rings. The third-order valence-electron chi connectivity index (χ3n) is 3.59. The number of rotatable bonds is 2. The molecule has 1 fully saturated rings. The quantitative estimate of drug-likeness (QED) is 0.729. The van der Waals surface area contributed by atoms with Crippen LogP contribution in [0.5, 0.6) is 0 Å². The molecule has 1 nitrogen and oxygen atoms in total.